The number of piperidine rings is 1. The van der Waals surface area contributed by atoms with Crippen molar-refractivity contribution < 1.29 is 14.4 Å². The first-order valence-corrected chi connectivity index (χ1v) is 14.3. The monoisotopic (exact) mass is 531 g/mol. The fraction of sp³-hybridized carbons (Fsp3) is 0.586. The Labute approximate surface area is 228 Å². The number of fused-ring (bicyclic) bond motifs is 4. The van der Waals surface area contributed by atoms with Crippen LogP contribution >= 0.6 is 0 Å². The number of piperazine rings is 1. The molecule has 3 aliphatic heterocycles. The van der Waals surface area contributed by atoms with E-state index in [1.807, 2.05) is 21.5 Å². The Balaban J connectivity index is 1.04. The standard InChI is InChI=1S/C29H37N7O3/c1-17-5-4-6-22(18(17)2)33-9-11-34(12-10-33)25(37)16-36-24-14-19-13-20(19)26(24)27(31-36)28(38)35-8-7-23-21(15-35)30-29(39)32(23)3/h4-6,19-21,23H,7-16H2,1-3H3,(H,30,39)/t19-,20-,21-,23+/m1/s1. The van der Waals surface area contributed by atoms with E-state index in [4.69, 9.17) is 5.10 Å². The Morgan fingerprint density at radius 1 is 1.08 bits per heavy atom. The molecule has 1 aromatic carbocycles. The lowest BCUT2D eigenvalue weighted by atomic mass is 9.99. The van der Waals surface area contributed by atoms with Gasteiger partial charge >= 0.3 is 6.03 Å². The second-order valence-electron chi connectivity index (χ2n) is 12.0. The molecule has 4 heterocycles. The van der Waals surface area contributed by atoms with Crippen molar-refractivity contribution >= 4 is 23.5 Å². The number of anilines is 1. The van der Waals surface area contributed by atoms with Crippen LogP contribution in [0.15, 0.2) is 18.2 Å². The summed E-state index contributed by atoms with van der Waals surface area (Å²) in [6.45, 7) is 8.58. The first-order chi connectivity index (χ1) is 18.8. The largest absolute Gasteiger partial charge is 0.368 e. The second kappa shape index (κ2) is 8.99. The number of likely N-dealkylation sites (tertiary alicyclic amines) is 1. The number of benzene rings is 1. The van der Waals surface area contributed by atoms with Crippen LogP contribution in [0.4, 0.5) is 10.5 Å². The smallest absolute Gasteiger partial charge is 0.317 e. The number of likely N-dealkylation sites (N-methyl/N-ethyl adjacent to an activating group) is 1. The van der Waals surface area contributed by atoms with Gasteiger partial charge in [-0.15, -0.1) is 0 Å². The normalized spacial score (nSPS) is 27.3. The number of aryl methyl sites for hydroxylation is 1. The first-order valence-electron chi connectivity index (χ1n) is 14.3. The van der Waals surface area contributed by atoms with E-state index in [1.165, 1.54) is 16.8 Å². The number of nitrogens with zero attached hydrogens (tertiary/aromatic N) is 6. The number of amides is 4. The number of hydrogen-bond donors (Lipinski definition) is 1. The number of nitrogens with one attached hydrogen (secondary N) is 1. The number of hydrogen-bond acceptors (Lipinski definition) is 5. The molecule has 10 nitrogen and oxygen atoms in total. The molecule has 3 saturated heterocycles. The fourth-order valence-corrected chi connectivity index (χ4v) is 7.27. The zero-order chi connectivity index (χ0) is 27.0. The van der Waals surface area contributed by atoms with E-state index >= 15 is 0 Å². The van der Waals surface area contributed by atoms with Crippen molar-refractivity contribution in [2.45, 2.75) is 57.7 Å². The molecular formula is C29H37N7O3. The Morgan fingerprint density at radius 3 is 2.67 bits per heavy atom. The molecule has 1 N–H and O–H groups in total. The van der Waals surface area contributed by atoms with E-state index in [0.29, 0.717) is 43.7 Å². The fourth-order valence-electron chi connectivity index (χ4n) is 7.27. The molecular weight excluding hydrogens is 494 g/mol. The lowest BCUT2D eigenvalue weighted by Crippen LogP contribution is -2.52. The molecule has 2 aromatic rings. The summed E-state index contributed by atoms with van der Waals surface area (Å²) >= 11 is 0. The molecule has 4 atom stereocenters. The third-order valence-corrected chi connectivity index (χ3v) is 9.87. The summed E-state index contributed by atoms with van der Waals surface area (Å²) in [4.78, 5) is 47.1. The molecule has 7 rings (SSSR count). The van der Waals surface area contributed by atoms with Crippen LogP contribution in [-0.2, 0) is 17.8 Å². The molecule has 4 fully saturated rings. The minimum absolute atomic E-state index is 0.0483. The van der Waals surface area contributed by atoms with Gasteiger partial charge in [0.25, 0.3) is 5.91 Å². The van der Waals surface area contributed by atoms with Gasteiger partial charge in [-0.25, -0.2) is 4.79 Å². The van der Waals surface area contributed by atoms with Crippen molar-refractivity contribution in [3.63, 3.8) is 0 Å². The van der Waals surface area contributed by atoms with Gasteiger partial charge in [-0.1, -0.05) is 12.1 Å². The van der Waals surface area contributed by atoms with E-state index in [2.05, 4.69) is 42.3 Å². The van der Waals surface area contributed by atoms with Crippen LogP contribution in [0.3, 0.4) is 0 Å². The second-order valence-corrected chi connectivity index (χ2v) is 12.0. The van der Waals surface area contributed by atoms with Crippen LogP contribution < -0.4 is 10.2 Å². The summed E-state index contributed by atoms with van der Waals surface area (Å²) in [5, 5.41) is 7.80. The Bertz CT molecular complexity index is 1360. The third kappa shape index (κ3) is 3.98. The zero-order valence-corrected chi connectivity index (χ0v) is 23.0. The van der Waals surface area contributed by atoms with Crippen molar-refractivity contribution in [1.82, 2.24) is 29.8 Å². The maximum atomic E-state index is 13.7. The number of carbonyl (C=O) groups is 3. The highest BCUT2D eigenvalue weighted by Crippen LogP contribution is 2.57. The van der Waals surface area contributed by atoms with Crippen LogP contribution in [0.25, 0.3) is 0 Å². The molecule has 0 radical (unpaired) electrons. The maximum absolute atomic E-state index is 13.7. The predicted octanol–water partition coefficient (Wildman–Crippen LogP) is 1.75. The minimum Gasteiger partial charge on any atom is -0.368 e. The number of rotatable bonds is 4. The Hall–Kier alpha value is -3.56. The summed E-state index contributed by atoms with van der Waals surface area (Å²) in [6.07, 6.45) is 2.77. The van der Waals surface area contributed by atoms with Gasteiger partial charge in [-0.05, 0) is 62.1 Å². The molecule has 39 heavy (non-hydrogen) atoms. The summed E-state index contributed by atoms with van der Waals surface area (Å²) in [6, 6.07) is 6.41. The van der Waals surface area contributed by atoms with Gasteiger partial charge in [0.2, 0.25) is 5.91 Å². The molecule has 0 unspecified atom stereocenters. The van der Waals surface area contributed by atoms with Crippen LogP contribution in [0, 0.1) is 19.8 Å². The van der Waals surface area contributed by atoms with Gasteiger partial charge in [0.05, 0.1) is 12.1 Å². The predicted molar refractivity (Wildman–Crippen MR) is 146 cm³/mol. The zero-order valence-electron chi connectivity index (χ0n) is 23.0. The number of aromatic nitrogens is 2. The molecule has 0 bridgehead atoms. The molecule has 5 aliphatic rings. The molecule has 10 heteroatoms. The van der Waals surface area contributed by atoms with Gasteiger partial charge in [0.15, 0.2) is 5.69 Å². The highest BCUT2D eigenvalue weighted by molar-refractivity contribution is 5.95. The molecule has 0 spiro atoms. The van der Waals surface area contributed by atoms with Crippen LogP contribution in [0.2, 0.25) is 0 Å². The number of carbonyl (C=O) groups excluding carboxylic acids is 3. The van der Waals surface area contributed by atoms with E-state index in [-0.39, 0.29) is 36.5 Å². The van der Waals surface area contributed by atoms with E-state index in [0.717, 1.165) is 43.6 Å². The van der Waals surface area contributed by atoms with Crippen molar-refractivity contribution in [1.29, 1.82) is 0 Å². The van der Waals surface area contributed by atoms with Crippen LogP contribution in [0.5, 0.6) is 0 Å². The van der Waals surface area contributed by atoms with Crippen molar-refractivity contribution in [2.24, 2.45) is 5.92 Å². The molecule has 1 saturated carbocycles. The quantitative estimate of drug-likeness (QED) is 0.649. The molecule has 2 aliphatic carbocycles. The Morgan fingerprint density at radius 2 is 1.87 bits per heavy atom. The topological polar surface area (TPSA) is 94.0 Å². The Kier molecular flexibility index (Phi) is 5.64. The summed E-state index contributed by atoms with van der Waals surface area (Å²) in [7, 11) is 1.82. The SMILES string of the molecule is Cc1cccc(N2CCN(C(=O)Cn3nc(C(=O)N4CC[C@H]5[C@@H](C4)NC(=O)N5C)c4c3C[C@H]3C[C@@H]43)CC2)c1C. The van der Waals surface area contributed by atoms with Gasteiger partial charge in [-0.2, -0.15) is 5.10 Å². The summed E-state index contributed by atoms with van der Waals surface area (Å²) < 4.78 is 1.83. The van der Waals surface area contributed by atoms with Gasteiger partial charge < -0.3 is 24.9 Å². The van der Waals surface area contributed by atoms with Crippen molar-refractivity contribution in [2.75, 3.05) is 51.2 Å². The van der Waals surface area contributed by atoms with Crippen LogP contribution in [0.1, 0.15) is 51.6 Å². The molecule has 1 aromatic heterocycles. The molecule has 4 amide bonds. The van der Waals surface area contributed by atoms with Gasteiger partial charge in [-0.3, -0.25) is 14.3 Å². The van der Waals surface area contributed by atoms with Gasteiger partial charge in [0, 0.05) is 63.3 Å². The van der Waals surface area contributed by atoms with Crippen molar-refractivity contribution in [3.05, 3.63) is 46.3 Å². The average Bonchev–Trinajstić information content (AvgIpc) is 3.32. The first kappa shape index (κ1) is 24.5. The van der Waals surface area contributed by atoms with E-state index < -0.39 is 0 Å². The summed E-state index contributed by atoms with van der Waals surface area (Å²) in [5.74, 6) is 0.992. The average molecular weight is 532 g/mol. The summed E-state index contributed by atoms with van der Waals surface area (Å²) in [5.41, 5.74) is 6.51. The highest BCUT2D eigenvalue weighted by atomic mass is 16.2. The lowest BCUT2D eigenvalue weighted by molar-refractivity contribution is -0.132. The van der Waals surface area contributed by atoms with Crippen LogP contribution in [-0.4, -0.2) is 101 Å². The van der Waals surface area contributed by atoms with Crippen molar-refractivity contribution in [3.8, 4) is 0 Å². The number of urea groups is 1. The minimum atomic E-state index is -0.0707. The molecule has 206 valence electrons. The van der Waals surface area contributed by atoms with E-state index in [9.17, 15) is 14.4 Å². The maximum Gasteiger partial charge on any atom is 0.317 e. The highest BCUT2D eigenvalue weighted by Gasteiger charge is 2.51. The van der Waals surface area contributed by atoms with Gasteiger partial charge in [0.1, 0.15) is 6.54 Å². The lowest BCUT2D eigenvalue weighted by Gasteiger charge is -2.37. The van der Waals surface area contributed by atoms with E-state index in [1.54, 1.807) is 4.90 Å². The third-order valence-electron chi connectivity index (χ3n) is 9.87.